The molecule has 1 amide bonds. The van der Waals surface area contributed by atoms with Gasteiger partial charge in [0, 0.05) is 21.2 Å². The molecule has 0 saturated carbocycles. The molecular weight excluding hydrogens is 413 g/mol. The summed E-state index contributed by atoms with van der Waals surface area (Å²) in [5.41, 5.74) is -2.73. The van der Waals surface area contributed by atoms with Gasteiger partial charge in [0.05, 0.1) is 6.61 Å². The van der Waals surface area contributed by atoms with Gasteiger partial charge in [0.15, 0.2) is 6.10 Å². The average molecular weight is 433 g/mol. The maximum Gasteiger partial charge on any atom is 0.339 e. The summed E-state index contributed by atoms with van der Waals surface area (Å²) in [6.07, 6.45) is -1.45. The number of anilines is 1. The number of carbonyl (C=O) groups excluding carboxylic acids is 1. The number of carboxylic acids is 1. The van der Waals surface area contributed by atoms with Crippen LogP contribution in [0.1, 0.15) is 20.8 Å². The first-order valence-corrected chi connectivity index (χ1v) is 8.31. The van der Waals surface area contributed by atoms with E-state index in [-0.39, 0.29) is 6.61 Å². The summed E-state index contributed by atoms with van der Waals surface area (Å²) in [5.74, 6) is -2.01. The highest BCUT2D eigenvalue weighted by molar-refractivity contribution is 14.1. The van der Waals surface area contributed by atoms with E-state index in [0.29, 0.717) is 12.2 Å². The number of hydrogen-bond donors (Lipinski definition) is 2. The van der Waals surface area contributed by atoms with E-state index < -0.39 is 29.0 Å². The number of aliphatic carboxylic acids is 1. The van der Waals surface area contributed by atoms with Crippen LogP contribution < -0.4 is 4.90 Å². The van der Waals surface area contributed by atoms with E-state index in [1.807, 2.05) is 18.2 Å². The molecule has 6 nitrogen and oxygen atoms in total. The number of hydrogen-bond acceptors (Lipinski definition) is 4. The number of amides is 1. The number of aliphatic hydroxyl groups is 1. The molecule has 0 aromatic heterocycles. The van der Waals surface area contributed by atoms with E-state index >= 15 is 0 Å². The molecule has 1 aromatic rings. The number of ether oxygens (including phenoxy) is 1. The number of halogens is 1. The third-order valence-electron chi connectivity index (χ3n) is 4.06. The second-order valence-electron chi connectivity index (χ2n) is 6.54. The van der Waals surface area contributed by atoms with Gasteiger partial charge in [-0.05, 0) is 40.8 Å². The lowest BCUT2D eigenvalue weighted by molar-refractivity contribution is -0.203. The van der Waals surface area contributed by atoms with Crippen molar-refractivity contribution in [2.24, 2.45) is 5.41 Å². The lowest BCUT2D eigenvalue weighted by atomic mass is 9.72. The fraction of sp³-hybridized carbons (Fsp3) is 0.500. The largest absolute Gasteiger partial charge is 0.479 e. The molecular formula is C16H20INO5. The molecule has 1 aliphatic heterocycles. The van der Waals surface area contributed by atoms with Crippen molar-refractivity contribution in [1.82, 2.24) is 0 Å². The smallest absolute Gasteiger partial charge is 0.339 e. The Kier molecular flexibility index (Phi) is 5.03. The Morgan fingerprint density at radius 3 is 2.57 bits per heavy atom. The molecule has 2 N–H and O–H groups in total. The van der Waals surface area contributed by atoms with Crippen LogP contribution in [0.4, 0.5) is 5.69 Å². The minimum Gasteiger partial charge on any atom is -0.479 e. The first-order valence-electron chi connectivity index (χ1n) is 7.23. The number of nitrogens with zero attached hydrogens (tertiary/aromatic N) is 1. The number of benzene rings is 1. The van der Waals surface area contributed by atoms with Crippen molar-refractivity contribution in [2.75, 3.05) is 18.1 Å². The van der Waals surface area contributed by atoms with Crippen molar-refractivity contribution in [3.63, 3.8) is 0 Å². The first-order chi connectivity index (χ1) is 10.6. The van der Waals surface area contributed by atoms with Crippen LogP contribution in [0.5, 0.6) is 0 Å². The van der Waals surface area contributed by atoms with Gasteiger partial charge in [-0.2, -0.15) is 0 Å². The lowest BCUT2D eigenvalue weighted by Gasteiger charge is -2.44. The number of carboxylic acid groups (broad SMARTS) is 1. The van der Waals surface area contributed by atoms with Crippen LogP contribution in [0.3, 0.4) is 0 Å². The zero-order valence-corrected chi connectivity index (χ0v) is 15.4. The summed E-state index contributed by atoms with van der Waals surface area (Å²) >= 11 is 2.14. The Hall–Kier alpha value is -1.19. The zero-order valence-electron chi connectivity index (χ0n) is 13.2. The van der Waals surface area contributed by atoms with Crippen molar-refractivity contribution in [2.45, 2.75) is 32.5 Å². The Morgan fingerprint density at radius 1 is 1.39 bits per heavy atom. The van der Waals surface area contributed by atoms with Crippen molar-refractivity contribution in [1.29, 1.82) is 0 Å². The second kappa shape index (κ2) is 6.37. The summed E-state index contributed by atoms with van der Waals surface area (Å²) in [6, 6.07) is 7.33. The Labute approximate surface area is 148 Å². The minimum atomic E-state index is -2.31. The van der Waals surface area contributed by atoms with Crippen LogP contribution in [-0.4, -0.2) is 46.9 Å². The maximum absolute atomic E-state index is 12.8. The quantitative estimate of drug-likeness (QED) is 0.712. The van der Waals surface area contributed by atoms with Gasteiger partial charge in [-0.3, -0.25) is 4.79 Å². The van der Waals surface area contributed by atoms with E-state index in [0.717, 1.165) is 3.57 Å². The molecule has 1 aromatic carbocycles. The van der Waals surface area contributed by atoms with Crippen molar-refractivity contribution < 1.29 is 24.5 Å². The molecule has 7 heteroatoms. The number of carbonyl (C=O) groups is 2. The van der Waals surface area contributed by atoms with Gasteiger partial charge >= 0.3 is 5.97 Å². The average Bonchev–Trinajstić information content (AvgIpc) is 2.45. The van der Waals surface area contributed by atoms with Crippen molar-refractivity contribution in [3.8, 4) is 0 Å². The standard InChI is InChI=1S/C16H20INO5/c1-15(2,3)16(22,14(20)21)12-13(19)18(7-8-23-12)11-6-4-5-10(17)9-11/h4-6,9,12,22H,7-8H2,1-3H3,(H,20,21)/t12-,16+/m0/s1. The normalized spacial score (nSPS) is 21.9. The Bertz CT molecular complexity index is 627. The highest BCUT2D eigenvalue weighted by Gasteiger charge is 2.58. The molecule has 0 aliphatic carbocycles. The summed E-state index contributed by atoms with van der Waals surface area (Å²) in [7, 11) is 0. The molecule has 1 heterocycles. The lowest BCUT2D eigenvalue weighted by Crippen LogP contribution is -2.66. The van der Waals surface area contributed by atoms with E-state index in [4.69, 9.17) is 4.74 Å². The molecule has 126 valence electrons. The highest BCUT2D eigenvalue weighted by Crippen LogP contribution is 2.37. The van der Waals surface area contributed by atoms with Crippen LogP contribution >= 0.6 is 22.6 Å². The molecule has 1 aliphatic rings. The SMILES string of the molecule is CC(C)(C)[C@](O)(C(=O)O)[C@H]1OCCN(c2cccc(I)c2)C1=O. The number of rotatable bonds is 3. The van der Waals surface area contributed by atoms with E-state index in [1.54, 1.807) is 26.8 Å². The molecule has 0 unspecified atom stereocenters. The molecule has 2 atom stereocenters. The van der Waals surface area contributed by atoms with Crippen LogP contribution in [0, 0.1) is 8.99 Å². The van der Waals surface area contributed by atoms with Gasteiger partial charge in [-0.1, -0.05) is 26.8 Å². The summed E-state index contributed by atoms with van der Waals surface area (Å²) < 4.78 is 6.36. The molecule has 0 radical (unpaired) electrons. The monoisotopic (exact) mass is 433 g/mol. The fourth-order valence-electron chi connectivity index (χ4n) is 2.61. The van der Waals surface area contributed by atoms with E-state index in [9.17, 15) is 19.8 Å². The fourth-order valence-corrected chi connectivity index (χ4v) is 3.14. The van der Waals surface area contributed by atoms with Crippen LogP contribution in [0.15, 0.2) is 24.3 Å². The predicted octanol–water partition coefficient (Wildman–Crippen LogP) is 1.88. The van der Waals surface area contributed by atoms with E-state index in [1.165, 1.54) is 4.90 Å². The van der Waals surface area contributed by atoms with Crippen LogP contribution in [-0.2, 0) is 14.3 Å². The Balaban J connectivity index is 2.41. The molecule has 23 heavy (non-hydrogen) atoms. The van der Waals surface area contributed by atoms with Gasteiger partial charge in [0.2, 0.25) is 5.60 Å². The first kappa shape index (κ1) is 18.2. The molecule has 0 bridgehead atoms. The van der Waals surface area contributed by atoms with Gasteiger partial charge in [0.25, 0.3) is 5.91 Å². The van der Waals surface area contributed by atoms with Crippen LogP contribution in [0.25, 0.3) is 0 Å². The molecule has 0 spiro atoms. The third-order valence-corrected chi connectivity index (χ3v) is 4.73. The van der Waals surface area contributed by atoms with Gasteiger partial charge in [-0.15, -0.1) is 0 Å². The zero-order chi connectivity index (χ0) is 17.4. The Morgan fingerprint density at radius 2 is 2.04 bits per heavy atom. The van der Waals surface area contributed by atoms with Crippen LogP contribution in [0.2, 0.25) is 0 Å². The second-order valence-corrected chi connectivity index (χ2v) is 7.79. The topological polar surface area (TPSA) is 87.1 Å². The molecule has 2 rings (SSSR count). The third kappa shape index (κ3) is 3.22. The number of morpholine rings is 1. The predicted molar refractivity (Wildman–Crippen MR) is 93.3 cm³/mol. The highest BCUT2D eigenvalue weighted by atomic mass is 127. The molecule has 1 fully saturated rings. The van der Waals surface area contributed by atoms with Gasteiger partial charge in [-0.25, -0.2) is 4.79 Å². The van der Waals surface area contributed by atoms with E-state index in [2.05, 4.69) is 22.6 Å². The minimum absolute atomic E-state index is 0.160. The van der Waals surface area contributed by atoms with Gasteiger partial charge in [0.1, 0.15) is 0 Å². The maximum atomic E-state index is 12.8. The summed E-state index contributed by atoms with van der Waals surface area (Å²) in [5, 5.41) is 20.3. The van der Waals surface area contributed by atoms with Crippen molar-refractivity contribution in [3.05, 3.63) is 27.8 Å². The van der Waals surface area contributed by atoms with Gasteiger partial charge < -0.3 is 19.8 Å². The van der Waals surface area contributed by atoms with Crippen molar-refractivity contribution >= 4 is 40.2 Å². The summed E-state index contributed by atoms with van der Waals surface area (Å²) in [4.78, 5) is 26.0. The summed E-state index contributed by atoms with van der Waals surface area (Å²) in [6.45, 7) is 5.19. The molecule has 1 saturated heterocycles.